The van der Waals surface area contributed by atoms with Gasteiger partial charge in [0.2, 0.25) is 11.2 Å². The maximum absolute atomic E-state index is 5.82. The first kappa shape index (κ1) is 12.8. The molecule has 0 aliphatic heterocycles. The summed E-state index contributed by atoms with van der Waals surface area (Å²) in [7, 11) is 0. The average molecular weight is 263 g/mol. The largest absolute Gasteiger partial charge is 0.439 e. The second-order valence-corrected chi connectivity index (χ2v) is 4.76. The fourth-order valence-electron chi connectivity index (χ4n) is 1.78. The average Bonchev–Trinajstić information content (AvgIpc) is 2.23. The molecule has 0 fully saturated rings. The van der Waals surface area contributed by atoms with Gasteiger partial charge in [-0.2, -0.15) is 4.98 Å². The van der Waals surface area contributed by atoms with Gasteiger partial charge in [-0.05, 0) is 62.1 Å². The lowest BCUT2D eigenvalue weighted by Crippen LogP contribution is -1.95. The maximum atomic E-state index is 5.82. The van der Waals surface area contributed by atoms with Gasteiger partial charge in [0.25, 0.3) is 0 Å². The van der Waals surface area contributed by atoms with Crippen molar-refractivity contribution in [1.29, 1.82) is 0 Å². The van der Waals surface area contributed by atoms with E-state index in [9.17, 15) is 0 Å². The minimum Gasteiger partial charge on any atom is -0.439 e. The van der Waals surface area contributed by atoms with Gasteiger partial charge in [0.05, 0.1) is 0 Å². The molecule has 0 saturated carbocycles. The van der Waals surface area contributed by atoms with Crippen LogP contribution in [-0.4, -0.2) is 9.97 Å². The molecule has 0 bridgehead atoms. The van der Waals surface area contributed by atoms with Crippen LogP contribution < -0.4 is 4.74 Å². The number of aryl methyl sites for hydroxylation is 3. The van der Waals surface area contributed by atoms with Crippen LogP contribution in [0.15, 0.2) is 18.2 Å². The Bertz CT molecular complexity index is 576. The zero-order valence-corrected chi connectivity index (χ0v) is 11.7. The molecule has 0 spiro atoms. The van der Waals surface area contributed by atoms with Gasteiger partial charge >= 0.3 is 0 Å². The fourth-order valence-corrected chi connectivity index (χ4v) is 1.99. The summed E-state index contributed by atoms with van der Waals surface area (Å²) in [5.74, 6) is 1.28. The van der Waals surface area contributed by atoms with Gasteiger partial charge in [-0.25, -0.2) is 4.98 Å². The maximum Gasteiger partial charge on any atom is 0.225 e. The fraction of sp³-hybridized carbons (Fsp3) is 0.286. The van der Waals surface area contributed by atoms with Crippen molar-refractivity contribution >= 4 is 11.6 Å². The molecule has 94 valence electrons. The molecular weight excluding hydrogens is 248 g/mol. The van der Waals surface area contributed by atoms with E-state index in [2.05, 4.69) is 23.0 Å². The summed E-state index contributed by atoms with van der Waals surface area (Å²) in [6.07, 6.45) is 0. The van der Waals surface area contributed by atoms with Crippen LogP contribution in [-0.2, 0) is 0 Å². The number of rotatable bonds is 2. The van der Waals surface area contributed by atoms with Gasteiger partial charge in [-0.3, -0.25) is 0 Å². The highest BCUT2D eigenvalue weighted by Crippen LogP contribution is 2.28. The van der Waals surface area contributed by atoms with E-state index >= 15 is 0 Å². The van der Waals surface area contributed by atoms with Crippen molar-refractivity contribution in [2.24, 2.45) is 0 Å². The van der Waals surface area contributed by atoms with Crippen LogP contribution in [0.3, 0.4) is 0 Å². The molecule has 1 heterocycles. The first-order valence-electron chi connectivity index (χ1n) is 5.72. The van der Waals surface area contributed by atoms with Gasteiger partial charge in [0, 0.05) is 11.8 Å². The normalized spacial score (nSPS) is 10.5. The Morgan fingerprint density at radius 1 is 1.00 bits per heavy atom. The van der Waals surface area contributed by atoms with Gasteiger partial charge in [0.1, 0.15) is 5.75 Å². The van der Waals surface area contributed by atoms with Crippen LogP contribution in [0.25, 0.3) is 0 Å². The molecule has 0 aliphatic rings. The molecule has 0 saturated heterocycles. The lowest BCUT2D eigenvalue weighted by molar-refractivity contribution is 0.456. The minimum absolute atomic E-state index is 0.201. The smallest absolute Gasteiger partial charge is 0.225 e. The van der Waals surface area contributed by atoms with Crippen molar-refractivity contribution in [3.8, 4) is 11.6 Å². The number of hydrogen-bond donors (Lipinski definition) is 0. The quantitative estimate of drug-likeness (QED) is 0.763. The first-order valence-corrected chi connectivity index (χ1v) is 6.10. The van der Waals surface area contributed by atoms with Crippen LogP contribution >= 0.6 is 11.6 Å². The van der Waals surface area contributed by atoms with Gasteiger partial charge in [0.15, 0.2) is 0 Å². The monoisotopic (exact) mass is 262 g/mol. The molecule has 0 atom stereocenters. The molecule has 0 amide bonds. The van der Waals surface area contributed by atoms with E-state index in [1.54, 1.807) is 6.07 Å². The SMILES string of the molecule is Cc1cc(C)c(C)c(Oc2cc(C)nc(Cl)n2)c1. The second-order valence-electron chi connectivity index (χ2n) is 4.42. The molecule has 0 unspecified atom stereocenters. The minimum atomic E-state index is 0.201. The number of ether oxygens (including phenoxy) is 1. The van der Waals surface area contributed by atoms with E-state index < -0.39 is 0 Å². The first-order chi connectivity index (χ1) is 8.45. The van der Waals surface area contributed by atoms with Gasteiger partial charge in [-0.15, -0.1) is 0 Å². The van der Waals surface area contributed by atoms with Crippen molar-refractivity contribution in [2.45, 2.75) is 27.7 Å². The zero-order valence-electron chi connectivity index (χ0n) is 10.9. The highest BCUT2D eigenvalue weighted by molar-refractivity contribution is 6.28. The summed E-state index contributed by atoms with van der Waals surface area (Å²) in [6.45, 7) is 7.99. The summed E-state index contributed by atoms with van der Waals surface area (Å²) >= 11 is 5.82. The molecule has 2 aromatic rings. The Morgan fingerprint density at radius 2 is 1.72 bits per heavy atom. The predicted octanol–water partition coefficient (Wildman–Crippen LogP) is 4.16. The van der Waals surface area contributed by atoms with Crippen molar-refractivity contribution in [3.05, 3.63) is 45.9 Å². The predicted molar refractivity (Wildman–Crippen MR) is 72.5 cm³/mol. The molecular formula is C14H15ClN2O. The Kier molecular flexibility index (Phi) is 3.53. The van der Waals surface area contributed by atoms with E-state index in [0.29, 0.717) is 5.88 Å². The van der Waals surface area contributed by atoms with E-state index in [4.69, 9.17) is 16.3 Å². The van der Waals surface area contributed by atoms with Crippen LogP contribution in [0, 0.1) is 27.7 Å². The molecule has 18 heavy (non-hydrogen) atoms. The Balaban J connectivity index is 2.39. The topological polar surface area (TPSA) is 35.0 Å². The lowest BCUT2D eigenvalue weighted by atomic mass is 10.1. The second kappa shape index (κ2) is 4.94. The number of benzene rings is 1. The standard InChI is InChI=1S/C14H15ClN2O/c1-8-5-9(2)11(4)12(6-8)18-13-7-10(3)16-14(15)17-13/h5-7H,1-4H3. The highest BCUT2D eigenvalue weighted by atomic mass is 35.5. The van der Waals surface area contributed by atoms with Crippen LogP contribution in [0.5, 0.6) is 11.6 Å². The van der Waals surface area contributed by atoms with E-state index in [1.165, 1.54) is 5.56 Å². The van der Waals surface area contributed by atoms with Crippen LogP contribution in [0.1, 0.15) is 22.4 Å². The number of halogens is 1. The Labute approximate surface area is 112 Å². The Morgan fingerprint density at radius 3 is 2.39 bits per heavy atom. The molecule has 0 aliphatic carbocycles. The third-order valence-electron chi connectivity index (χ3n) is 2.78. The highest BCUT2D eigenvalue weighted by Gasteiger charge is 2.07. The molecule has 3 nitrogen and oxygen atoms in total. The van der Waals surface area contributed by atoms with Crippen LogP contribution in [0.2, 0.25) is 5.28 Å². The molecule has 0 radical (unpaired) electrons. The van der Waals surface area contributed by atoms with Crippen molar-refractivity contribution in [3.63, 3.8) is 0 Å². The third-order valence-corrected chi connectivity index (χ3v) is 2.95. The van der Waals surface area contributed by atoms with E-state index in [-0.39, 0.29) is 5.28 Å². The zero-order chi connectivity index (χ0) is 13.3. The number of nitrogens with zero attached hydrogens (tertiary/aromatic N) is 2. The Hall–Kier alpha value is -1.61. The van der Waals surface area contributed by atoms with Crippen molar-refractivity contribution in [2.75, 3.05) is 0 Å². The molecule has 1 aromatic carbocycles. The van der Waals surface area contributed by atoms with Gasteiger partial charge < -0.3 is 4.74 Å². The molecule has 1 aromatic heterocycles. The summed E-state index contributed by atoms with van der Waals surface area (Å²) in [4.78, 5) is 8.07. The molecule has 2 rings (SSSR count). The third kappa shape index (κ3) is 2.79. The van der Waals surface area contributed by atoms with E-state index in [0.717, 1.165) is 22.6 Å². The van der Waals surface area contributed by atoms with Crippen molar-refractivity contribution < 1.29 is 4.74 Å². The molecule has 0 N–H and O–H groups in total. The lowest BCUT2D eigenvalue weighted by Gasteiger charge is -2.11. The number of aromatic nitrogens is 2. The summed E-state index contributed by atoms with van der Waals surface area (Å²) in [6, 6.07) is 5.89. The molecule has 4 heteroatoms. The summed E-state index contributed by atoms with van der Waals surface area (Å²) in [5.41, 5.74) is 4.24. The van der Waals surface area contributed by atoms with E-state index in [1.807, 2.05) is 26.8 Å². The van der Waals surface area contributed by atoms with Gasteiger partial charge in [-0.1, -0.05) is 6.07 Å². The van der Waals surface area contributed by atoms with Crippen molar-refractivity contribution in [1.82, 2.24) is 9.97 Å². The summed E-state index contributed by atoms with van der Waals surface area (Å²) in [5, 5.41) is 0.201. The number of hydrogen-bond acceptors (Lipinski definition) is 3. The summed E-state index contributed by atoms with van der Waals surface area (Å²) < 4.78 is 5.80. The van der Waals surface area contributed by atoms with Crippen LogP contribution in [0.4, 0.5) is 0 Å².